The second kappa shape index (κ2) is 5.21. The van der Waals surface area contributed by atoms with Gasteiger partial charge in [-0.2, -0.15) is 0 Å². The van der Waals surface area contributed by atoms with Crippen molar-refractivity contribution in [2.45, 2.75) is 27.2 Å². The number of carboxylic acid groups (broad SMARTS) is 1. The maximum Gasteiger partial charge on any atom is 0.303 e. The van der Waals surface area contributed by atoms with Gasteiger partial charge >= 0.3 is 5.97 Å². The minimum absolute atomic E-state index is 0.184. The van der Waals surface area contributed by atoms with Gasteiger partial charge in [-0.15, -0.1) is 0 Å². The van der Waals surface area contributed by atoms with Crippen molar-refractivity contribution in [3.8, 4) is 0 Å². The van der Waals surface area contributed by atoms with Crippen molar-refractivity contribution in [2.24, 2.45) is 5.41 Å². The van der Waals surface area contributed by atoms with Crippen LogP contribution in [0.4, 0.5) is 5.69 Å². The summed E-state index contributed by atoms with van der Waals surface area (Å²) in [4.78, 5) is 12.9. The zero-order valence-electron chi connectivity index (χ0n) is 11.0. The molecule has 0 amide bonds. The van der Waals surface area contributed by atoms with E-state index in [0.717, 1.165) is 12.2 Å². The number of carbonyl (C=O) groups is 1. The van der Waals surface area contributed by atoms with Gasteiger partial charge in [0.1, 0.15) is 0 Å². The molecule has 0 aromatic heterocycles. The van der Waals surface area contributed by atoms with E-state index < -0.39 is 5.97 Å². The number of para-hydroxylation sites is 1. The SMILES string of the molecule is Cc1ccccc1N(C)CC(C)(C)CC(=O)O. The fourth-order valence-corrected chi connectivity index (χ4v) is 2.18. The van der Waals surface area contributed by atoms with Gasteiger partial charge in [0.15, 0.2) is 0 Å². The van der Waals surface area contributed by atoms with E-state index in [1.807, 2.05) is 33.0 Å². The second-order valence-corrected chi connectivity index (χ2v) is 5.38. The molecule has 1 aromatic carbocycles. The molecule has 0 bridgehead atoms. The van der Waals surface area contributed by atoms with Crippen LogP contribution in [0, 0.1) is 12.3 Å². The lowest BCUT2D eigenvalue weighted by Crippen LogP contribution is -2.33. The highest BCUT2D eigenvalue weighted by molar-refractivity contribution is 5.67. The van der Waals surface area contributed by atoms with Crippen molar-refractivity contribution >= 4 is 11.7 Å². The van der Waals surface area contributed by atoms with Crippen LogP contribution in [0.2, 0.25) is 0 Å². The van der Waals surface area contributed by atoms with E-state index in [4.69, 9.17) is 5.11 Å². The summed E-state index contributed by atoms with van der Waals surface area (Å²) < 4.78 is 0. The van der Waals surface area contributed by atoms with Crippen molar-refractivity contribution in [3.63, 3.8) is 0 Å². The van der Waals surface area contributed by atoms with Crippen LogP contribution < -0.4 is 4.90 Å². The highest BCUT2D eigenvalue weighted by atomic mass is 16.4. The first-order valence-corrected chi connectivity index (χ1v) is 5.80. The van der Waals surface area contributed by atoms with Gasteiger partial charge in [0.05, 0.1) is 6.42 Å². The summed E-state index contributed by atoms with van der Waals surface area (Å²) in [6, 6.07) is 8.14. The van der Waals surface area contributed by atoms with E-state index in [0.29, 0.717) is 0 Å². The molecule has 0 saturated carbocycles. The fourth-order valence-electron chi connectivity index (χ4n) is 2.18. The van der Waals surface area contributed by atoms with Gasteiger partial charge in [0.25, 0.3) is 0 Å². The predicted octanol–water partition coefficient (Wildman–Crippen LogP) is 2.93. The molecule has 0 radical (unpaired) electrons. The standard InChI is InChI=1S/C14H21NO2/c1-11-7-5-6-8-12(11)15(4)10-14(2,3)9-13(16)17/h5-8H,9-10H2,1-4H3,(H,16,17). The van der Waals surface area contributed by atoms with E-state index in [1.54, 1.807) is 0 Å². The predicted molar refractivity (Wildman–Crippen MR) is 70.5 cm³/mol. The molecule has 17 heavy (non-hydrogen) atoms. The van der Waals surface area contributed by atoms with Crippen LogP contribution >= 0.6 is 0 Å². The van der Waals surface area contributed by atoms with Gasteiger partial charge in [0.2, 0.25) is 0 Å². The van der Waals surface area contributed by atoms with E-state index in [1.165, 1.54) is 5.56 Å². The summed E-state index contributed by atoms with van der Waals surface area (Å²) in [7, 11) is 2.01. The minimum atomic E-state index is -0.742. The van der Waals surface area contributed by atoms with Crippen LogP contribution in [0.3, 0.4) is 0 Å². The summed E-state index contributed by atoms with van der Waals surface area (Å²) >= 11 is 0. The number of hydrogen-bond acceptors (Lipinski definition) is 2. The maximum absolute atomic E-state index is 10.8. The van der Waals surface area contributed by atoms with Gasteiger partial charge in [-0.3, -0.25) is 4.79 Å². The summed E-state index contributed by atoms with van der Waals surface area (Å²) in [5.74, 6) is -0.742. The van der Waals surface area contributed by atoms with E-state index in [9.17, 15) is 4.79 Å². The third kappa shape index (κ3) is 4.10. The summed E-state index contributed by atoms with van der Waals surface area (Å²) in [5, 5.41) is 8.87. The number of rotatable bonds is 5. The first kappa shape index (κ1) is 13.6. The Morgan fingerprint density at radius 3 is 2.47 bits per heavy atom. The molecule has 1 aromatic rings. The van der Waals surface area contributed by atoms with Crippen LogP contribution in [0.5, 0.6) is 0 Å². The topological polar surface area (TPSA) is 40.5 Å². The molecule has 1 rings (SSSR count). The van der Waals surface area contributed by atoms with Crippen molar-refractivity contribution < 1.29 is 9.90 Å². The molecule has 0 heterocycles. The summed E-state index contributed by atoms with van der Waals surface area (Å²) in [6.45, 7) is 6.76. The molecule has 3 nitrogen and oxygen atoms in total. The molecular formula is C14H21NO2. The molecule has 0 spiro atoms. The molecule has 0 aliphatic carbocycles. The van der Waals surface area contributed by atoms with Crippen molar-refractivity contribution in [1.82, 2.24) is 0 Å². The van der Waals surface area contributed by atoms with E-state index >= 15 is 0 Å². The van der Waals surface area contributed by atoms with Crippen molar-refractivity contribution in [3.05, 3.63) is 29.8 Å². The third-order valence-corrected chi connectivity index (χ3v) is 2.82. The molecular weight excluding hydrogens is 214 g/mol. The molecule has 0 atom stereocenters. The minimum Gasteiger partial charge on any atom is -0.481 e. The van der Waals surface area contributed by atoms with E-state index in [2.05, 4.69) is 24.0 Å². The lowest BCUT2D eigenvalue weighted by Gasteiger charge is -2.31. The Kier molecular flexibility index (Phi) is 4.16. The first-order chi connectivity index (χ1) is 7.82. The van der Waals surface area contributed by atoms with Gasteiger partial charge in [-0.1, -0.05) is 32.0 Å². The molecule has 0 saturated heterocycles. The Labute approximate surface area is 103 Å². The number of benzene rings is 1. The normalized spacial score (nSPS) is 11.3. The van der Waals surface area contributed by atoms with Crippen LogP contribution in [0.1, 0.15) is 25.8 Å². The molecule has 0 unspecified atom stereocenters. The van der Waals surface area contributed by atoms with Gasteiger partial charge in [0, 0.05) is 19.3 Å². The molecule has 94 valence electrons. The summed E-state index contributed by atoms with van der Waals surface area (Å²) in [5.41, 5.74) is 2.13. The fraction of sp³-hybridized carbons (Fsp3) is 0.500. The summed E-state index contributed by atoms with van der Waals surface area (Å²) in [6.07, 6.45) is 0.184. The second-order valence-electron chi connectivity index (χ2n) is 5.38. The number of anilines is 1. The maximum atomic E-state index is 10.8. The lowest BCUT2D eigenvalue weighted by molar-refractivity contribution is -0.139. The van der Waals surface area contributed by atoms with Gasteiger partial charge in [-0.05, 0) is 24.0 Å². The molecule has 1 N–H and O–H groups in total. The Bertz CT molecular complexity index is 399. The number of carboxylic acids is 1. The monoisotopic (exact) mass is 235 g/mol. The van der Waals surface area contributed by atoms with Crippen molar-refractivity contribution in [2.75, 3.05) is 18.5 Å². The number of aryl methyl sites for hydroxylation is 1. The highest BCUT2D eigenvalue weighted by Crippen LogP contribution is 2.26. The zero-order valence-corrected chi connectivity index (χ0v) is 11.0. The molecule has 0 aliphatic rings. The smallest absolute Gasteiger partial charge is 0.303 e. The molecule has 3 heteroatoms. The van der Waals surface area contributed by atoms with Crippen LogP contribution in [-0.4, -0.2) is 24.7 Å². The van der Waals surface area contributed by atoms with Crippen LogP contribution in [0.15, 0.2) is 24.3 Å². The highest BCUT2D eigenvalue weighted by Gasteiger charge is 2.24. The van der Waals surface area contributed by atoms with Gasteiger partial charge < -0.3 is 10.0 Å². The van der Waals surface area contributed by atoms with E-state index in [-0.39, 0.29) is 11.8 Å². The number of hydrogen-bond donors (Lipinski definition) is 1. The quantitative estimate of drug-likeness (QED) is 0.853. The lowest BCUT2D eigenvalue weighted by atomic mass is 9.88. The Morgan fingerprint density at radius 2 is 1.94 bits per heavy atom. The van der Waals surface area contributed by atoms with Crippen molar-refractivity contribution in [1.29, 1.82) is 0 Å². The van der Waals surface area contributed by atoms with Crippen LogP contribution in [0.25, 0.3) is 0 Å². The molecule has 0 aliphatic heterocycles. The number of aliphatic carboxylic acids is 1. The average Bonchev–Trinajstić information content (AvgIpc) is 2.14. The third-order valence-electron chi connectivity index (χ3n) is 2.82. The zero-order chi connectivity index (χ0) is 13.1. The molecule has 0 fully saturated rings. The Morgan fingerprint density at radius 1 is 1.35 bits per heavy atom. The van der Waals surface area contributed by atoms with Crippen LogP contribution in [-0.2, 0) is 4.79 Å². The Hall–Kier alpha value is -1.51. The largest absolute Gasteiger partial charge is 0.481 e. The average molecular weight is 235 g/mol. The number of nitrogens with zero attached hydrogens (tertiary/aromatic N) is 1. The van der Waals surface area contributed by atoms with Gasteiger partial charge in [-0.25, -0.2) is 0 Å². The first-order valence-electron chi connectivity index (χ1n) is 5.80. The Balaban J connectivity index is 2.75.